The van der Waals surface area contributed by atoms with Crippen LogP contribution in [0.4, 0.5) is 0 Å². The molecule has 0 aliphatic rings. The van der Waals surface area contributed by atoms with Gasteiger partial charge in [0.25, 0.3) is 5.56 Å². The van der Waals surface area contributed by atoms with Gasteiger partial charge in [-0.2, -0.15) is 5.26 Å². The fraction of sp³-hybridized carbons (Fsp3) is 0.111. The van der Waals surface area contributed by atoms with E-state index in [-0.39, 0.29) is 12.1 Å². The summed E-state index contributed by atoms with van der Waals surface area (Å²) in [7, 11) is 0. The van der Waals surface area contributed by atoms with E-state index in [9.17, 15) is 4.79 Å². The topological polar surface area (TPSA) is 105 Å². The standard InChI is InChI=1S/C9H7N5O/c10-5-8-4-7(6-12-9(8)15)2-1-3-13-14-11/h1-2,4,6H,3H2,(H,12,15). The summed E-state index contributed by atoms with van der Waals surface area (Å²) < 4.78 is 0. The van der Waals surface area contributed by atoms with Crippen LogP contribution in [0, 0.1) is 11.3 Å². The van der Waals surface area contributed by atoms with E-state index in [4.69, 9.17) is 10.8 Å². The van der Waals surface area contributed by atoms with E-state index in [1.807, 2.05) is 0 Å². The Morgan fingerprint density at radius 2 is 2.53 bits per heavy atom. The van der Waals surface area contributed by atoms with Gasteiger partial charge in [-0.3, -0.25) is 4.79 Å². The SMILES string of the molecule is N#Cc1cc(C=CCN=[N+]=[N-])c[nH]c1=O. The van der Waals surface area contributed by atoms with Gasteiger partial charge in [-0.15, -0.1) is 0 Å². The fourth-order valence-corrected chi connectivity index (χ4v) is 0.952. The molecule has 0 radical (unpaired) electrons. The quantitative estimate of drug-likeness (QED) is 0.455. The Morgan fingerprint density at radius 3 is 3.20 bits per heavy atom. The first-order valence-electron chi connectivity index (χ1n) is 4.08. The van der Waals surface area contributed by atoms with Gasteiger partial charge in [-0.05, 0) is 17.2 Å². The first-order chi connectivity index (χ1) is 7.27. The number of nitrogens with zero attached hydrogens (tertiary/aromatic N) is 4. The molecule has 0 saturated carbocycles. The fourth-order valence-electron chi connectivity index (χ4n) is 0.952. The van der Waals surface area contributed by atoms with Crippen LogP contribution in [-0.4, -0.2) is 11.5 Å². The molecule has 0 aliphatic carbocycles. The van der Waals surface area contributed by atoms with Gasteiger partial charge in [0.1, 0.15) is 11.6 Å². The van der Waals surface area contributed by atoms with Crippen LogP contribution in [0.15, 0.2) is 28.2 Å². The minimum Gasteiger partial charge on any atom is -0.327 e. The average Bonchev–Trinajstić information content (AvgIpc) is 2.26. The molecule has 0 spiro atoms. The maximum atomic E-state index is 11.0. The summed E-state index contributed by atoms with van der Waals surface area (Å²) in [5, 5.41) is 11.9. The minimum absolute atomic E-state index is 0.0564. The van der Waals surface area contributed by atoms with Gasteiger partial charge in [0.15, 0.2) is 0 Å². The van der Waals surface area contributed by atoms with Gasteiger partial charge in [0.2, 0.25) is 0 Å². The van der Waals surface area contributed by atoms with E-state index in [0.717, 1.165) is 0 Å². The predicted octanol–water partition coefficient (Wildman–Crippen LogP) is 1.57. The van der Waals surface area contributed by atoms with Crippen LogP contribution >= 0.6 is 0 Å². The van der Waals surface area contributed by atoms with E-state index < -0.39 is 5.56 Å². The molecule has 6 heteroatoms. The van der Waals surface area contributed by atoms with Crippen LogP contribution in [0.3, 0.4) is 0 Å². The van der Waals surface area contributed by atoms with E-state index in [0.29, 0.717) is 5.56 Å². The molecule has 1 N–H and O–H groups in total. The summed E-state index contributed by atoms with van der Waals surface area (Å²) in [6.07, 6.45) is 4.77. The third-order valence-electron chi connectivity index (χ3n) is 1.61. The highest BCUT2D eigenvalue weighted by molar-refractivity contribution is 5.50. The number of aromatic nitrogens is 1. The number of hydrogen-bond acceptors (Lipinski definition) is 3. The lowest BCUT2D eigenvalue weighted by Crippen LogP contribution is -2.08. The Hall–Kier alpha value is -2.51. The van der Waals surface area contributed by atoms with Crippen LogP contribution in [-0.2, 0) is 0 Å². The van der Waals surface area contributed by atoms with Gasteiger partial charge in [-0.1, -0.05) is 17.3 Å². The van der Waals surface area contributed by atoms with Crippen molar-refractivity contribution in [1.29, 1.82) is 5.26 Å². The first-order valence-corrected chi connectivity index (χ1v) is 4.08. The van der Waals surface area contributed by atoms with Crippen molar-refractivity contribution in [2.24, 2.45) is 5.11 Å². The summed E-state index contributed by atoms with van der Waals surface area (Å²) in [4.78, 5) is 16.0. The number of azide groups is 1. The van der Waals surface area contributed by atoms with Crippen molar-refractivity contribution in [3.05, 3.63) is 50.3 Å². The van der Waals surface area contributed by atoms with Gasteiger partial charge in [-0.25, -0.2) is 0 Å². The third kappa shape index (κ3) is 3.03. The van der Waals surface area contributed by atoms with Crippen LogP contribution < -0.4 is 5.56 Å². The van der Waals surface area contributed by atoms with E-state index in [1.165, 1.54) is 12.3 Å². The lowest BCUT2D eigenvalue weighted by atomic mass is 10.2. The molecular formula is C9H7N5O. The highest BCUT2D eigenvalue weighted by Crippen LogP contribution is 2.00. The molecule has 0 saturated heterocycles. The highest BCUT2D eigenvalue weighted by Gasteiger charge is 1.97. The summed E-state index contributed by atoms with van der Waals surface area (Å²) in [6.45, 7) is 0.234. The van der Waals surface area contributed by atoms with Crippen LogP contribution in [0.5, 0.6) is 0 Å². The monoisotopic (exact) mass is 201 g/mol. The Balaban J connectivity index is 2.88. The van der Waals surface area contributed by atoms with Gasteiger partial charge >= 0.3 is 0 Å². The van der Waals surface area contributed by atoms with Crippen molar-refractivity contribution in [3.63, 3.8) is 0 Å². The zero-order valence-corrected chi connectivity index (χ0v) is 7.71. The van der Waals surface area contributed by atoms with Crippen molar-refractivity contribution in [1.82, 2.24) is 4.98 Å². The molecule has 74 valence electrons. The number of nitrogens with one attached hydrogen (secondary N) is 1. The Morgan fingerprint density at radius 1 is 1.73 bits per heavy atom. The van der Waals surface area contributed by atoms with Crippen LogP contribution in [0.1, 0.15) is 11.1 Å². The van der Waals surface area contributed by atoms with Gasteiger partial charge < -0.3 is 4.98 Å². The molecule has 0 fully saturated rings. The minimum atomic E-state index is -0.412. The average molecular weight is 201 g/mol. The number of hydrogen-bond donors (Lipinski definition) is 1. The van der Waals surface area contributed by atoms with E-state index in [2.05, 4.69) is 15.0 Å². The van der Waals surface area contributed by atoms with Crippen molar-refractivity contribution < 1.29 is 0 Å². The number of nitriles is 1. The molecule has 0 aromatic carbocycles. The normalized spacial score (nSPS) is 9.53. The Kier molecular flexibility index (Phi) is 3.71. The van der Waals surface area contributed by atoms with Crippen LogP contribution in [0.2, 0.25) is 0 Å². The van der Waals surface area contributed by atoms with Crippen LogP contribution in [0.25, 0.3) is 16.5 Å². The summed E-state index contributed by atoms with van der Waals surface area (Å²) in [5.74, 6) is 0. The zero-order valence-electron chi connectivity index (χ0n) is 7.71. The molecule has 0 unspecified atom stereocenters. The van der Waals surface area contributed by atoms with Gasteiger partial charge in [0, 0.05) is 17.7 Å². The van der Waals surface area contributed by atoms with E-state index >= 15 is 0 Å². The second kappa shape index (κ2) is 5.27. The molecule has 1 heterocycles. The molecule has 15 heavy (non-hydrogen) atoms. The number of rotatable bonds is 3. The molecule has 1 aromatic rings. The number of H-pyrrole nitrogens is 1. The highest BCUT2D eigenvalue weighted by atomic mass is 16.1. The molecule has 0 amide bonds. The van der Waals surface area contributed by atoms with Gasteiger partial charge in [0.05, 0.1) is 0 Å². The maximum absolute atomic E-state index is 11.0. The summed E-state index contributed by atoms with van der Waals surface area (Å²) in [6, 6.07) is 3.24. The summed E-state index contributed by atoms with van der Waals surface area (Å²) >= 11 is 0. The molecule has 1 aromatic heterocycles. The van der Waals surface area contributed by atoms with Crippen molar-refractivity contribution >= 4 is 6.08 Å². The maximum Gasteiger partial charge on any atom is 0.265 e. The smallest absolute Gasteiger partial charge is 0.265 e. The number of pyridine rings is 1. The second-order valence-electron chi connectivity index (χ2n) is 2.60. The third-order valence-corrected chi connectivity index (χ3v) is 1.61. The zero-order chi connectivity index (χ0) is 11.1. The first kappa shape index (κ1) is 10.6. The molecule has 0 atom stereocenters. The lowest BCUT2D eigenvalue weighted by Gasteiger charge is -1.92. The molecule has 0 aliphatic heterocycles. The molecule has 1 rings (SSSR count). The van der Waals surface area contributed by atoms with E-state index in [1.54, 1.807) is 18.2 Å². The molecule has 0 bridgehead atoms. The molecular weight excluding hydrogens is 194 g/mol. The lowest BCUT2D eigenvalue weighted by molar-refractivity contribution is 1.20. The van der Waals surface area contributed by atoms with Crippen molar-refractivity contribution in [3.8, 4) is 6.07 Å². The molecule has 6 nitrogen and oxygen atoms in total. The van der Waals surface area contributed by atoms with Crippen molar-refractivity contribution in [2.45, 2.75) is 0 Å². The van der Waals surface area contributed by atoms with Crippen molar-refractivity contribution in [2.75, 3.05) is 6.54 Å². The Bertz CT molecular complexity index is 516. The summed E-state index contributed by atoms with van der Waals surface area (Å²) in [5.41, 5.74) is 8.34. The predicted molar refractivity (Wildman–Crippen MR) is 54.8 cm³/mol. The number of aromatic amines is 1. The Labute approximate surface area is 85.1 Å². The largest absolute Gasteiger partial charge is 0.327 e. The second-order valence-corrected chi connectivity index (χ2v) is 2.60.